The number of thioether (sulfide) groups is 1. The van der Waals surface area contributed by atoms with E-state index in [0.717, 1.165) is 16.9 Å². The molecule has 7 heteroatoms. The molecule has 0 unspecified atom stereocenters. The van der Waals surface area contributed by atoms with Gasteiger partial charge in [-0.1, -0.05) is 97.1 Å². The number of carbonyl (C=O) groups is 3. The summed E-state index contributed by atoms with van der Waals surface area (Å²) < 4.78 is 5.90. The Bertz CT molecular complexity index is 2210. The van der Waals surface area contributed by atoms with Crippen LogP contribution in [0.4, 0.5) is 5.69 Å². The van der Waals surface area contributed by atoms with Gasteiger partial charge in [0.05, 0.1) is 5.75 Å². The molecule has 0 heterocycles. The summed E-state index contributed by atoms with van der Waals surface area (Å²) in [4.78, 5) is 40.6. The van der Waals surface area contributed by atoms with Gasteiger partial charge in [0.25, 0.3) is 11.8 Å². The van der Waals surface area contributed by atoms with Crippen molar-refractivity contribution in [3.63, 3.8) is 0 Å². The van der Waals surface area contributed by atoms with Crippen molar-refractivity contribution >= 4 is 41.1 Å². The van der Waals surface area contributed by atoms with Gasteiger partial charge < -0.3 is 15.4 Å². The Kier molecular flexibility index (Phi) is 10.2. The molecule has 6 aromatic carbocycles. The first-order chi connectivity index (χ1) is 25.0. The summed E-state index contributed by atoms with van der Waals surface area (Å²) in [5.74, 6) is 0.178. The molecule has 0 bridgehead atoms. The fourth-order valence-corrected chi connectivity index (χ4v) is 6.69. The van der Waals surface area contributed by atoms with E-state index in [0.29, 0.717) is 40.5 Å². The number of ketones is 1. The number of hydrogen-bond donors (Lipinski definition) is 2. The van der Waals surface area contributed by atoms with Crippen LogP contribution in [0.3, 0.4) is 0 Å². The van der Waals surface area contributed by atoms with Crippen molar-refractivity contribution in [1.82, 2.24) is 5.32 Å². The highest BCUT2D eigenvalue weighted by Gasteiger charge is 2.20. The molecule has 0 aromatic heterocycles. The Morgan fingerprint density at radius 3 is 2.12 bits per heavy atom. The normalized spacial score (nSPS) is 11.6. The maximum Gasteiger partial charge on any atom is 0.272 e. The third-order valence-electron chi connectivity index (χ3n) is 8.57. The lowest BCUT2D eigenvalue weighted by atomic mass is 10.0. The van der Waals surface area contributed by atoms with E-state index >= 15 is 0 Å². The van der Waals surface area contributed by atoms with Crippen molar-refractivity contribution in [1.29, 1.82) is 0 Å². The summed E-state index contributed by atoms with van der Waals surface area (Å²) in [5.41, 5.74) is 8.48. The average Bonchev–Trinajstić information content (AvgIpc) is 3.55. The Balaban J connectivity index is 0.991. The lowest BCUT2D eigenvalue weighted by molar-refractivity contribution is -0.113. The second-order valence-corrected chi connectivity index (χ2v) is 13.2. The van der Waals surface area contributed by atoms with Crippen LogP contribution in [0.5, 0.6) is 5.75 Å². The third-order valence-corrected chi connectivity index (χ3v) is 9.58. The number of nitrogens with one attached hydrogen (secondary N) is 2. The summed E-state index contributed by atoms with van der Waals surface area (Å²) >= 11 is 1.45. The van der Waals surface area contributed by atoms with Crippen LogP contribution in [0, 0.1) is 0 Å². The first-order valence-electron chi connectivity index (χ1n) is 16.6. The molecule has 0 radical (unpaired) electrons. The fourth-order valence-electron chi connectivity index (χ4n) is 5.89. The van der Waals surface area contributed by atoms with E-state index < -0.39 is 11.8 Å². The van der Waals surface area contributed by atoms with E-state index in [2.05, 4.69) is 28.8 Å². The quantitative estimate of drug-likeness (QED) is 0.0761. The van der Waals surface area contributed by atoms with Gasteiger partial charge in [-0.25, -0.2) is 0 Å². The average molecular weight is 687 g/mol. The van der Waals surface area contributed by atoms with Crippen molar-refractivity contribution in [2.45, 2.75) is 17.9 Å². The molecular formula is C44H34N2O4S. The molecule has 1 aliphatic carbocycles. The Hall–Kier alpha value is -6.18. The molecule has 7 rings (SSSR count). The van der Waals surface area contributed by atoms with Crippen LogP contribution >= 0.6 is 11.8 Å². The summed E-state index contributed by atoms with van der Waals surface area (Å²) in [6.45, 7) is 0.439. The number of benzene rings is 6. The molecule has 6 aromatic rings. The van der Waals surface area contributed by atoms with E-state index in [4.69, 9.17) is 4.74 Å². The molecule has 0 saturated carbocycles. The maximum atomic E-state index is 13.6. The highest BCUT2D eigenvalue weighted by Crippen LogP contribution is 2.37. The minimum atomic E-state index is -0.474. The predicted molar refractivity (Wildman–Crippen MR) is 204 cm³/mol. The lowest BCUT2D eigenvalue weighted by Gasteiger charge is -2.12. The maximum absolute atomic E-state index is 13.6. The van der Waals surface area contributed by atoms with Crippen molar-refractivity contribution in [2.75, 3.05) is 11.1 Å². The second-order valence-electron chi connectivity index (χ2n) is 12.1. The Labute approximate surface area is 301 Å². The van der Waals surface area contributed by atoms with Crippen LogP contribution < -0.4 is 15.4 Å². The van der Waals surface area contributed by atoms with Crippen LogP contribution in [0.1, 0.15) is 43.0 Å². The van der Waals surface area contributed by atoms with E-state index in [1.807, 2.05) is 97.1 Å². The molecule has 1 aliphatic rings. The molecule has 2 amide bonds. The van der Waals surface area contributed by atoms with Gasteiger partial charge in [-0.3, -0.25) is 14.4 Å². The monoisotopic (exact) mass is 686 g/mol. The third kappa shape index (κ3) is 8.35. The summed E-state index contributed by atoms with van der Waals surface area (Å²) in [7, 11) is 0. The predicted octanol–water partition coefficient (Wildman–Crippen LogP) is 9.22. The van der Waals surface area contributed by atoms with Crippen LogP contribution in [-0.4, -0.2) is 23.4 Å². The minimum Gasteiger partial charge on any atom is -0.489 e. The standard InChI is InChI=1S/C44H34N2O4S/c47-42(34-17-24-40-35(27-34)26-33-13-7-8-14-39(33)40)29-51-38-22-18-36(19-23-38)45-44(49)41(46-43(48)32-11-5-2-6-12-32)25-30-15-20-37(21-16-30)50-28-31-9-3-1-4-10-31/h1-25,27H,26,28-29H2,(H,45,49)(H,46,48)/b41-25-. The number of rotatable bonds is 12. The second kappa shape index (κ2) is 15.6. The van der Waals surface area contributed by atoms with Gasteiger partial charge in [0.2, 0.25) is 0 Å². The van der Waals surface area contributed by atoms with Gasteiger partial charge in [-0.15, -0.1) is 11.8 Å². The number of hydrogen-bond acceptors (Lipinski definition) is 5. The summed E-state index contributed by atoms with van der Waals surface area (Å²) in [6, 6.07) is 47.6. The van der Waals surface area contributed by atoms with Crippen LogP contribution in [0.15, 0.2) is 162 Å². The summed E-state index contributed by atoms with van der Waals surface area (Å²) in [6.07, 6.45) is 2.47. The minimum absolute atomic E-state index is 0.0656. The van der Waals surface area contributed by atoms with Crippen LogP contribution in [-0.2, 0) is 17.8 Å². The van der Waals surface area contributed by atoms with Crippen LogP contribution in [0.2, 0.25) is 0 Å². The Morgan fingerprint density at radius 2 is 1.35 bits per heavy atom. The van der Waals surface area contributed by atoms with Crippen molar-refractivity contribution in [3.05, 3.63) is 191 Å². The molecule has 0 saturated heterocycles. The van der Waals surface area contributed by atoms with Gasteiger partial charge in [0.15, 0.2) is 5.78 Å². The first-order valence-corrected chi connectivity index (χ1v) is 17.6. The zero-order valence-electron chi connectivity index (χ0n) is 27.7. The van der Waals surface area contributed by atoms with Crippen molar-refractivity contribution < 1.29 is 19.1 Å². The molecule has 250 valence electrons. The highest BCUT2D eigenvalue weighted by molar-refractivity contribution is 8.00. The van der Waals surface area contributed by atoms with E-state index in [1.165, 1.54) is 34.0 Å². The van der Waals surface area contributed by atoms with Crippen molar-refractivity contribution in [2.24, 2.45) is 0 Å². The molecule has 51 heavy (non-hydrogen) atoms. The van der Waals surface area contributed by atoms with E-state index in [1.54, 1.807) is 42.5 Å². The molecular weight excluding hydrogens is 653 g/mol. The number of anilines is 1. The number of carbonyl (C=O) groups excluding carboxylic acids is 3. The van der Waals surface area contributed by atoms with Gasteiger partial charge in [0, 0.05) is 21.7 Å². The van der Waals surface area contributed by atoms with E-state index in [-0.39, 0.29) is 11.5 Å². The smallest absolute Gasteiger partial charge is 0.272 e. The summed E-state index contributed by atoms with van der Waals surface area (Å²) in [5, 5.41) is 5.68. The van der Waals surface area contributed by atoms with Gasteiger partial charge in [0.1, 0.15) is 18.1 Å². The molecule has 0 atom stereocenters. The van der Waals surface area contributed by atoms with Gasteiger partial charge >= 0.3 is 0 Å². The molecule has 6 nitrogen and oxygen atoms in total. The van der Waals surface area contributed by atoms with Gasteiger partial charge in [-0.05, 0) is 100 Å². The SMILES string of the molecule is O=C(Nc1ccc(SCC(=O)c2ccc3c(c2)Cc2ccccc2-3)cc1)/C(=C/c1ccc(OCc2ccccc2)cc1)NC(=O)c1ccccc1. The fraction of sp³-hybridized carbons (Fsp3) is 0.0682. The number of ether oxygens (including phenoxy) is 1. The van der Waals surface area contributed by atoms with E-state index in [9.17, 15) is 14.4 Å². The molecule has 0 spiro atoms. The lowest BCUT2D eigenvalue weighted by Crippen LogP contribution is -2.30. The number of fused-ring (bicyclic) bond motifs is 3. The molecule has 2 N–H and O–H groups in total. The van der Waals surface area contributed by atoms with Gasteiger partial charge in [-0.2, -0.15) is 0 Å². The largest absolute Gasteiger partial charge is 0.489 e. The number of amides is 2. The number of Topliss-reactive ketones (excluding diaryl/α,β-unsaturated/α-hetero) is 1. The highest BCUT2D eigenvalue weighted by atomic mass is 32.2. The molecule has 0 aliphatic heterocycles. The zero-order valence-corrected chi connectivity index (χ0v) is 28.5. The van der Waals surface area contributed by atoms with Crippen LogP contribution in [0.25, 0.3) is 17.2 Å². The van der Waals surface area contributed by atoms with Crippen molar-refractivity contribution in [3.8, 4) is 16.9 Å². The first kappa shape index (κ1) is 33.3. The zero-order chi connectivity index (χ0) is 35.0. The molecule has 0 fully saturated rings. The Morgan fingerprint density at radius 1 is 0.667 bits per heavy atom. The topological polar surface area (TPSA) is 84.5 Å².